The molecule has 2 N–H and O–H groups in total. The molecule has 0 saturated heterocycles. The smallest absolute Gasteiger partial charge is 0.270 e. The van der Waals surface area contributed by atoms with E-state index >= 15 is 0 Å². The summed E-state index contributed by atoms with van der Waals surface area (Å²) in [5.74, 6) is 1.64. The molecule has 3 rings (SSSR count). The van der Waals surface area contributed by atoms with Crippen LogP contribution in [0.25, 0.3) is 0 Å². The van der Waals surface area contributed by atoms with Crippen molar-refractivity contribution in [3.63, 3.8) is 0 Å². The number of rotatable bonds is 6. The summed E-state index contributed by atoms with van der Waals surface area (Å²) in [6, 6.07) is 0. The third kappa shape index (κ3) is 3.44. The lowest BCUT2D eigenvalue weighted by atomic mass is 10.1. The molecule has 8 heteroatoms. The fourth-order valence-electron chi connectivity index (χ4n) is 2.58. The molecule has 1 fully saturated rings. The Balaban J connectivity index is 1.47. The number of thiazole rings is 1. The first kappa shape index (κ1) is 15.0. The molecule has 2 aromatic rings. The van der Waals surface area contributed by atoms with Crippen LogP contribution in [0.3, 0.4) is 0 Å². The fourth-order valence-corrected chi connectivity index (χ4v) is 3.23. The Kier molecular flexibility index (Phi) is 4.67. The number of hydrogen-bond acceptors (Lipinski definition) is 7. The Morgan fingerprint density at radius 3 is 2.95 bits per heavy atom. The van der Waals surface area contributed by atoms with E-state index in [4.69, 9.17) is 4.52 Å². The quantitative estimate of drug-likeness (QED) is 0.847. The van der Waals surface area contributed by atoms with Gasteiger partial charge in [-0.05, 0) is 12.8 Å². The van der Waals surface area contributed by atoms with Gasteiger partial charge in [-0.15, -0.1) is 11.3 Å². The van der Waals surface area contributed by atoms with Crippen molar-refractivity contribution in [2.75, 3.05) is 18.9 Å². The van der Waals surface area contributed by atoms with Crippen molar-refractivity contribution in [3.8, 4) is 0 Å². The summed E-state index contributed by atoms with van der Waals surface area (Å²) in [4.78, 5) is 20.5. The summed E-state index contributed by atoms with van der Waals surface area (Å²) in [7, 11) is 1.78. The molecule has 0 bridgehead atoms. The fraction of sp³-hybridized carbons (Fsp3) is 0.571. The van der Waals surface area contributed by atoms with Crippen LogP contribution < -0.4 is 10.6 Å². The highest BCUT2D eigenvalue weighted by Crippen LogP contribution is 2.32. The molecule has 1 saturated carbocycles. The molecule has 0 atom stereocenters. The summed E-state index contributed by atoms with van der Waals surface area (Å²) in [6.07, 6.45) is 5.30. The Labute approximate surface area is 132 Å². The number of carbonyl (C=O) groups is 1. The maximum atomic E-state index is 11.9. The lowest BCUT2D eigenvalue weighted by Crippen LogP contribution is -2.26. The normalized spacial score (nSPS) is 15.1. The van der Waals surface area contributed by atoms with Crippen LogP contribution in [-0.2, 0) is 6.42 Å². The lowest BCUT2D eigenvalue weighted by molar-refractivity contribution is 0.0949. The number of nitrogens with one attached hydrogen (secondary N) is 2. The van der Waals surface area contributed by atoms with E-state index in [2.05, 4.69) is 25.8 Å². The average molecular weight is 321 g/mol. The van der Waals surface area contributed by atoms with Gasteiger partial charge in [-0.3, -0.25) is 4.79 Å². The summed E-state index contributed by atoms with van der Waals surface area (Å²) < 4.78 is 5.32. The van der Waals surface area contributed by atoms with E-state index in [-0.39, 0.29) is 5.91 Å². The third-order valence-corrected chi connectivity index (χ3v) is 4.63. The zero-order valence-corrected chi connectivity index (χ0v) is 13.3. The summed E-state index contributed by atoms with van der Waals surface area (Å²) in [5.41, 5.74) is 0.425. The van der Waals surface area contributed by atoms with Crippen LogP contribution in [0, 0.1) is 0 Å². The number of amides is 1. The van der Waals surface area contributed by atoms with E-state index in [1.807, 2.05) is 0 Å². The number of carbonyl (C=O) groups excluding carboxylic acids is 1. The van der Waals surface area contributed by atoms with Crippen molar-refractivity contribution in [1.82, 2.24) is 20.4 Å². The topological polar surface area (TPSA) is 92.9 Å². The van der Waals surface area contributed by atoms with E-state index in [0.717, 1.165) is 23.9 Å². The zero-order valence-electron chi connectivity index (χ0n) is 12.5. The molecule has 7 nitrogen and oxygen atoms in total. The highest BCUT2D eigenvalue weighted by Gasteiger charge is 2.22. The van der Waals surface area contributed by atoms with Crippen LogP contribution in [-0.4, -0.2) is 34.6 Å². The molecule has 0 unspecified atom stereocenters. The van der Waals surface area contributed by atoms with Crippen molar-refractivity contribution >= 4 is 22.4 Å². The molecular weight excluding hydrogens is 302 g/mol. The molecule has 0 aliphatic heterocycles. The maximum Gasteiger partial charge on any atom is 0.270 e. The van der Waals surface area contributed by atoms with E-state index in [1.54, 1.807) is 12.4 Å². The van der Waals surface area contributed by atoms with Gasteiger partial charge in [-0.25, -0.2) is 4.98 Å². The largest absolute Gasteiger partial charge is 0.365 e. The van der Waals surface area contributed by atoms with Crippen molar-refractivity contribution < 1.29 is 9.32 Å². The van der Waals surface area contributed by atoms with Crippen LogP contribution >= 0.6 is 11.3 Å². The Morgan fingerprint density at radius 2 is 2.23 bits per heavy atom. The van der Waals surface area contributed by atoms with Gasteiger partial charge in [0.1, 0.15) is 5.69 Å². The van der Waals surface area contributed by atoms with Crippen molar-refractivity contribution in [1.29, 1.82) is 0 Å². The highest BCUT2D eigenvalue weighted by atomic mass is 32.1. The first-order valence-electron chi connectivity index (χ1n) is 7.50. The second-order valence-corrected chi connectivity index (χ2v) is 6.18. The lowest BCUT2D eigenvalue weighted by Gasteiger charge is -2.00. The number of nitrogens with zero attached hydrogens (tertiary/aromatic N) is 3. The first-order chi connectivity index (χ1) is 10.8. The van der Waals surface area contributed by atoms with Crippen LogP contribution in [0.1, 0.15) is 53.8 Å². The summed E-state index contributed by atoms with van der Waals surface area (Å²) in [6.45, 7) is 0.467. The van der Waals surface area contributed by atoms with Crippen molar-refractivity contribution in [2.24, 2.45) is 0 Å². The van der Waals surface area contributed by atoms with Gasteiger partial charge >= 0.3 is 0 Å². The van der Waals surface area contributed by atoms with Gasteiger partial charge in [0.25, 0.3) is 5.91 Å². The molecule has 0 spiro atoms. The van der Waals surface area contributed by atoms with Crippen molar-refractivity contribution in [2.45, 2.75) is 38.0 Å². The van der Waals surface area contributed by atoms with Gasteiger partial charge in [0.15, 0.2) is 11.0 Å². The minimum absolute atomic E-state index is 0.183. The number of hydrogen-bond donors (Lipinski definition) is 2. The first-order valence-corrected chi connectivity index (χ1v) is 8.38. The number of anilines is 1. The minimum Gasteiger partial charge on any atom is -0.365 e. The van der Waals surface area contributed by atoms with Gasteiger partial charge in [0, 0.05) is 31.3 Å². The van der Waals surface area contributed by atoms with Gasteiger partial charge in [0.2, 0.25) is 5.89 Å². The Hall–Kier alpha value is -1.96. The van der Waals surface area contributed by atoms with Crippen LogP contribution in [0.15, 0.2) is 9.90 Å². The average Bonchev–Trinajstić information content (AvgIpc) is 3.27. The van der Waals surface area contributed by atoms with Crippen LogP contribution in [0.2, 0.25) is 0 Å². The van der Waals surface area contributed by atoms with Crippen LogP contribution in [0.5, 0.6) is 0 Å². The minimum atomic E-state index is -0.183. The van der Waals surface area contributed by atoms with Gasteiger partial charge in [-0.1, -0.05) is 18.0 Å². The van der Waals surface area contributed by atoms with E-state index < -0.39 is 0 Å². The predicted octanol–water partition coefficient (Wildman–Crippen LogP) is 2.20. The predicted molar refractivity (Wildman–Crippen MR) is 83.2 cm³/mol. The molecule has 1 aliphatic carbocycles. The molecule has 118 valence electrons. The highest BCUT2D eigenvalue weighted by molar-refractivity contribution is 7.13. The maximum absolute atomic E-state index is 11.9. The standard InChI is InChI=1S/C14H19N5O2S/c1-15-14-17-10(8-22-14)12(20)16-7-6-11-18-13(21-19-11)9-4-2-3-5-9/h8-9H,2-7H2,1H3,(H,15,17)(H,16,20). The summed E-state index contributed by atoms with van der Waals surface area (Å²) in [5, 5.41) is 12.2. The SMILES string of the molecule is CNc1nc(C(=O)NCCc2noc(C3CCCC3)n2)cs1. The van der Waals surface area contributed by atoms with Gasteiger partial charge in [0.05, 0.1) is 0 Å². The monoisotopic (exact) mass is 321 g/mol. The van der Waals surface area contributed by atoms with E-state index in [0.29, 0.717) is 30.4 Å². The molecule has 1 amide bonds. The molecule has 1 aliphatic rings. The second kappa shape index (κ2) is 6.87. The molecule has 22 heavy (non-hydrogen) atoms. The Bertz CT molecular complexity index is 633. The van der Waals surface area contributed by atoms with Gasteiger partial charge < -0.3 is 15.2 Å². The summed E-state index contributed by atoms with van der Waals surface area (Å²) >= 11 is 1.40. The van der Waals surface area contributed by atoms with E-state index in [1.165, 1.54) is 24.2 Å². The molecule has 0 aromatic carbocycles. The Morgan fingerprint density at radius 1 is 1.41 bits per heavy atom. The third-order valence-electron chi connectivity index (χ3n) is 3.77. The van der Waals surface area contributed by atoms with Crippen molar-refractivity contribution in [3.05, 3.63) is 22.8 Å². The zero-order chi connectivity index (χ0) is 15.4. The molecule has 2 heterocycles. The van der Waals surface area contributed by atoms with E-state index in [9.17, 15) is 4.79 Å². The molecule has 2 aromatic heterocycles. The molecule has 0 radical (unpaired) electrons. The second-order valence-electron chi connectivity index (χ2n) is 5.32. The molecular formula is C14H19N5O2S. The van der Waals surface area contributed by atoms with Gasteiger partial charge in [-0.2, -0.15) is 4.98 Å². The van der Waals surface area contributed by atoms with Crippen LogP contribution in [0.4, 0.5) is 5.13 Å². The number of aromatic nitrogens is 3.